The van der Waals surface area contributed by atoms with Crippen LogP contribution < -0.4 is 16.4 Å². The van der Waals surface area contributed by atoms with Gasteiger partial charge in [0.1, 0.15) is 6.04 Å². The van der Waals surface area contributed by atoms with E-state index < -0.39 is 18.1 Å². The van der Waals surface area contributed by atoms with Gasteiger partial charge in [-0.2, -0.15) is 11.8 Å². The van der Waals surface area contributed by atoms with Crippen LogP contribution in [0.2, 0.25) is 0 Å². The Balaban J connectivity index is 2.13. The second-order valence-corrected chi connectivity index (χ2v) is 10.8. The lowest BCUT2D eigenvalue weighted by molar-refractivity contribution is -0.145. The van der Waals surface area contributed by atoms with Gasteiger partial charge in [-0.1, -0.05) is 50.6 Å². The van der Waals surface area contributed by atoms with Gasteiger partial charge in [0.25, 0.3) is 0 Å². The molecule has 1 heterocycles. The van der Waals surface area contributed by atoms with Gasteiger partial charge >= 0.3 is 5.97 Å². The lowest BCUT2D eigenvalue weighted by atomic mass is 9.97. The second-order valence-electron chi connectivity index (χ2n) is 9.78. The maximum atomic E-state index is 13.1. The van der Waals surface area contributed by atoms with Crippen LogP contribution in [-0.4, -0.2) is 89.5 Å². The molecule has 11 heteroatoms. The fourth-order valence-corrected chi connectivity index (χ4v) is 4.65. The van der Waals surface area contributed by atoms with Crippen molar-refractivity contribution >= 4 is 29.5 Å². The number of aromatic nitrogens is 2. The number of thioether (sulfide) groups is 1. The number of carbonyl (C=O) groups excluding carboxylic acids is 3. The Morgan fingerprint density at radius 1 is 1.21 bits per heavy atom. The molecule has 0 radical (unpaired) electrons. The van der Waals surface area contributed by atoms with Crippen molar-refractivity contribution in [2.45, 2.75) is 57.7 Å². The van der Waals surface area contributed by atoms with Crippen LogP contribution in [-0.2, 0) is 32.0 Å². The molecule has 0 saturated carbocycles. The number of nitrogens with two attached hydrogens (primary N) is 1. The van der Waals surface area contributed by atoms with Crippen LogP contribution in [0.5, 0.6) is 0 Å². The summed E-state index contributed by atoms with van der Waals surface area (Å²) < 4.78 is 4.89. The van der Waals surface area contributed by atoms with Crippen molar-refractivity contribution in [3.8, 4) is 0 Å². The molecule has 2 rings (SSSR count). The number of H-pyrrole nitrogens is 1. The number of aromatic amines is 1. The highest BCUT2D eigenvalue weighted by atomic mass is 32.2. The first-order chi connectivity index (χ1) is 18.8. The summed E-state index contributed by atoms with van der Waals surface area (Å²) in [4.78, 5) is 47.3. The summed E-state index contributed by atoms with van der Waals surface area (Å²) in [7, 11) is 1.32. The van der Waals surface area contributed by atoms with Crippen molar-refractivity contribution in [2.75, 3.05) is 38.8 Å². The smallest absolute Gasteiger partial charge is 0.328 e. The quantitative estimate of drug-likeness (QED) is 0.202. The normalized spacial score (nSPS) is 14.3. The zero-order valence-electron chi connectivity index (χ0n) is 23.5. The molecular weight excluding hydrogens is 516 g/mol. The molecule has 1 aromatic carbocycles. The zero-order chi connectivity index (χ0) is 28.6. The lowest BCUT2D eigenvalue weighted by Crippen LogP contribution is -2.54. The number of nitrogens with one attached hydrogen (secondary N) is 3. The molecule has 4 atom stereocenters. The van der Waals surface area contributed by atoms with Gasteiger partial charge in [-0.05, 0) is 36.3 Å². The van der Waals surface area contributed by atoms with Gasteiger partial charge in [0.05, 0.1) is 26.0 Å². The maximum Gasteiger partial charge on any atom is 0.328 e. The number of esters is 1. The summed E-state index contributed by atoms with van der Waals surface area (Å²) >= 11 is 1.60. The molecule has 0 saturated heterocycles. The molecule has 39 heavy (non-hydrogen) atoms. The van der Waals surface area contributed by atoms with Crippen molar-refractivity contribution in [2.24, 2.45) is 11.7 Å². The molecule has 0 spiro atoms. The van der Waals surface area contributed by atoms with E-state index in [4.69, 9.17) is 10.5 Å². The Bertz CT molecular complexity index is 991. The third-order valence-corrected chi connectivity index (χ3v) is 7.45. The van der Waals surface area contributed by atoms with E-state index in [1.54, 1.807) is 24.3 Å². The van der Waals surface area contributed by atoms with Gasteiger partial charge < -0.3 is 26.1 Å². The molecule has 1 aromatic heterocycles. The SMILES string of the molecule is CC[C@H](C)[C@@H](CN(CCc1ccccc1)CC(=O)N[C@@H](CCSC)C(=O)OC)NC(=O)[C@@H](N)Cc1cnc[nH]1. The molecule has 10 nitrogen and oxygen atoms in total. The van der Waals surface area contributed by atoms with Crippen LogP contribution in [0.3, 0.4) is 0 Å². The number of imidazole rings is 1. The number of amides is 2. The Hall–Kier alpha value is -2.89. The zero-order valence-corrected chi connectivity index (χ0v) is 24.3. The largest absolute Gasteiger partial charge is 0.467 e. The average molecular weight is 561 g/mol. The molecule has 5 N–H and O–H groups in total. The number of hydrogen-bond acceptors (Lipinski definition) is 8. The number of methoxy groups -OCH3 is 1. The van der Waals surface area contributed by atoms with Gasteiger partial charge in [-0.25, -0.2) is 9.78 Å². The molecule has 2 amide bonds. The fraction of sp³-hybridized carbons (Fsp3) is 0.571. The van der Waals surface area contributed by atoms with Gasteiger partial charge in [0, 0.05) is 37.4 Å². The van der Waals surface area contributed by atoms with Gasteiger partial charge in [0.2, 0.25) is 11.8 Å². The summed E-state index contributed by atoms with van der Waals surface area (Å²) in [6, 6.07) is 8.41. The van der Waals surface area contributed by atoms with Crippen molar-refractivity contribution < 1.29 is 19.1 Å². The minimum absolute atomic E-state index is 0.0859. The van der Waals surface area contributed by atoms with Crippen LogP contribution in [0.1, 0.15) is 37.9 Å². The number of ether oxygens (including phenoxy) is 1. The Labute approximate surface area is 236 Å². The summed E-state index contributed by atoms with van der Waals surface area (Å²) in [6.07, 6.45) is 7.59. The molecule has 0 aliphatic rings. The molecule has 2 aromatic rings. The van der Waals surface area contributed by atoms with Crippen molar-refractivity contribution in [1.82, 2.24) is 25.5 Å². The van der Waals surface area contributed by atoms with Crippen molar-refractivity contribution in [1.29, 1.82) is 0 Å². The van der Waals surface area contributed by atoms with Crippen molar-refractivity contribution in [3.63, 3.8) is 0 Å². The van der Waals surface area contributed by atoms with Gasteiger partial charge in [0.15, 0.2) is 0 Å². The number of carbonyl (C=O) groups is 3. The van der Waals surface area contributed by atoms with Gasteiger partial charge in [-0.3, -0.25) is 14.5 Å². The molecule has 216 valence electrons. The van der Waals surface area contributed by atoms with Gasteiger partial charge in [-0.15, -0.1) is 0 Å². The van der Waals surface area contributed by atoms with Crippen LogP contribution in [0.4, 0.5) is 0 Å². The third kappa shape index (κ3) is 11.8. The van der Waals surface area contributed by atoms with Crippen LogP contribution in [0, 0.1) is 5.92 Å². The maximum absolute atomic E-state index is 13.1. The number of rotatable bonds is 18. The fourth-order valence-electron chi connectivity index (χ4n) is 4.18. The molecule has 0 bridgehead atoms. The Kier molecular flexibility index (Phi) is 14.6. The van der Waals surface area contributed by atoms with E-state index in [9.17, 15) is 14.4 Å². The highest BCUT2D eigenvalue weighted by molar-refractivity contribution is 7.98. The molecule has 0 aliphatic heterocycles. The minimum Gasteiger partial charge on any atom is -0.467 e. The second kappa shape index (κ2) is 17.6. The topological polar surface area (TPSA) is 142 Å². The van der Waals surface area contributed by atoms with E-state index in [1.165, 1.54) is 7.11 Å². The first-order valence-electron chi connectivity index (χ1n) is 13.4. The highest BCUT2D eigenvalue weighted by Crippen LogP contribution is 2.12. The predicted molar refractivity (Wildman–Crippen MR) is 155 cm³/mol. The number of hydrogen-bond donors (Lipinski definition) is 4. The van der Waals surface area contributed by atoms with E-state index in [0.717, 1.165) is 29.9 Å². The van der Waals surface area contributed by atoms with E-state index in [1.807, 2.05) is 29.4 Å². The average Bonchev–Trinajstić information content (AvgIpc) is 3.46. The third-order valence-electron chi connectivity index (χ3n) is 6.80. The molecular formula is C28H44N6O4S. The van der Waals surface area contributed by atoms with Crippen LogP contribution in [0.15, 0.2) is 42.9 Å². The van der Waals surface area contributed by atoms with Crippen molar-refractivity contribution in [3.05, 3.63) is 54.1 Å². The molecule has 0 unspecified atom stereocenters. The number of nitrogens with zero attached hydrogens (tertiary/aromatic N) is 2. The summed E-state index contributed by atoms with van der Waals surface area (Å²) in [6.45, 7) is 5.31. The lowest BCUT2D eigenvalue weighted by Gasteiger charge is -2.32. The number of benzene rings is 1. The first kappa shape index (κ1) is 32.3. The predicted octanol–water partition coefficient (Wildman–Crippen LogP) is 1.77. The summed E-state index contributed by atoms with van der Waals surface area (Å²) in [5.41, 5.74) is 8.14. The van der Waals surface area contributed by atoms with E-state index in [-0.39, 0.29) is 30.3 Å². The molecule has 0 fully saturated rings. The highest BCUT2D eigenvalue weighted by Gasteiger charge is 2.27. The Morgan fingerprint density at radius 3 is 2.56 bits per heavy atom. The first-order valence-corrected chi connectivity index (χ1v) is 14.8. The summed E-state index contributed by atoms with van der Waals surface area (Å²) in [5, 5.41) is 5.98. The minimum atomic E-state index is -0.727. The van der Waals surface area contributed by atoms with Crippen LogP contribution in [0.25, 0.3) is 0 Å². The van der Waals surface area contributed by atoms with E-state index in [2.05, 4.69) is 46.6 Å². The van der Waals surface area contributed by atoms with Crippen LogP contribution >= 0.6 is 11.8 Å². The Morgan fingerprint density at radius 2 is 1.95 bits per heavy atom. The summed E-state index contributed by atoms with van der Waals surface area (Å²) in [5.74, 6) is -0.0854. The standard InChI is InChI=1S/C28H44N6O4S/c1-5-20(2)25(33-27(36)23(29)15-22-16-30-19-31-22)17-34(13-11-21-9-7-6-8-10-21)18-26(35)32-24(12-14-39-4)28(37)38-3/h6-10,16,19-20,23-25H,5,11-15,17-18,29H2,1-4H3,(H,30,31)(H,32,35)(H,33,36)/t20-,23-,24-,25+/m0/s1. The van der Waals surface area contributed by atoms with E-state index >= 15 is 0 Å². The van der Waals surface area contributed by atoms with E-state index in [0.29, 0.717) is 25.9 Å². The molecule has 0 aliphatic carbocycles. The monoisotopic (exact) mass is 560 g/mol.